The Bertz CT molecular complexity index is 240. The van der Waals surface area contributed by atoms with Gasteiger partial charge < -0.3 is 20.3 Å². The first-order chi connectivity index (χ1) is 9.47. The quantitative estimate of drug-likeness (QED) is 0.606. The summed E-state index contributed by atoms with van der Waals surface area (Å²) in [7, 11) is 0. The Morgan fingerprint density at radius 1 is 1.05 bits per heavy atom. The molecule has 20 heavy (non-hydrogen) atoms. The van der Waals surface area contributed by atoms with Crippen LogP contribution in [0, 0.1) is 11.8 Å². The number of aliphatic hydroxyl groups excluding tert-OH is 2. The second kappa shape index (κ2) is 9.72. The molecule has 0 radical (unpaired) electrons. The first-order valence-corrected chi connectivity index (χ1v) is 8.15. The second-order valence-corrected chi connectivity index (χ2v) is 6.81. The van der Waals surface area contributed by atoms with E-state index in [9.17, 15) is 10.2 Å². The van der Waals surface area contributed by atoms with Crippen LogP contribution in [0.15, 0.2) is 0 Å². The van der Waals surface area contributed by atoms with Crippen LogP contribution in [0.25, 0.3) is 0 Å². The van der Waals surface area contributed by atoms with Crippen LogP contribution in [-0.2, 0) is 4.74 Å². The topological polar surface area (TPSA) is 61.7 Å². The number of aliphatic hydroxyl groups is 2. The van der Waals surface area contributed by atoms with Crippen LogP contribution >= 0.6 is 0 Å². The van der Waals surface area contributed by atoms with E-state index in [1.54, 1.807) is 0 Å². The van der Waals surface area contributed by atoms with Crippen LogP contribution < -0.4 is 5.32 Å². The van der Waals surface area contributed by atoms with Crippen LogP contribution in [0.1, 0.15) is 52.9 Å². The molecule has 0 bridgehead atoms. The summed E-state index contributed by atoms with van der Waals surface area (Å²) in [6.07, 6.45) is 5.01. The largest absolute Gasteiger partial charge is 0.392 e. The van der Waals surface area contributed by atoms with Gasteiger partial charge in [0, 0.05) is 13.1 Å². The number of hydrogen-bond donors (Lipinski definition) is 3. The maximum atomic E-state index is 9.86. The van der Waals surface area contributed by atoms with Gasteiger partial charge in [-0.2, -0.15) is 0 Å². The van der Waals surface area contributed by atoms with Crippen molar-refractivity contribution < 1.29 is 14.9 Å². The molecular formula is C16H33NO3. The molecule has 0 aliphatic heterocycles. The fourth-order valence-electron chi connectivity index (χ4n) is 2.75. The minimum absolute atomic E-state index is 0.326. The molecule has 0 aromatic rings. The van der Waals surface area contributed by atoms with Gasteiger partial charge in [0.05, 0.1) is 24.9 Å². The fraction of sp³-hybridized carbons (Fsp3) is 1.00. The molecule has 0 saturated heterocycles. The molecule has 0 spiro atoms. The highest BCUT2D eigenvalue weighted by atomic mass is 16.5. The third-order valence-corrected chi connectivity index (χ3v) is 3.99. The molecule has 0 amide bonds. The molecule has 0 aromatic carbocycles. The normalized spacial score (nSPS) is 26.7. The zero-order valence-electron chi connectivity index (χ0n) is 13.3. The van der Waals surface area contributed by atoms with Gasteiger partial charge in [0.1, 0.15) is 0 Å². The fourth-order valence-corrected chi connectivity index (χ4v) is 2.75. The Morgan fingerprint density at radius 3 is 2.25 bits per heavy atom. The van der Waals surface area contributed by atoms with Crippen LogP contribution in [0.3, 0.4) is 0 Å². The van der Waals surface area contributed by atoms with Gasteiger partial charge in [0.15, 0.2) is 0 Å². The average Bonchev–Trinajstić information content (AvgIpc) is 2.37. The van der Waals surface area contributed by atoms with Crippen LogP contribution in [0.2, 0.25) is 0 Å². The lowest BCUT2D eigenvalue weighted by molar-refractivity contribution is -0.0283. The van der Waals surface area contributed by atoms with Gasteiger partial charge in [-0.05, 0) is 43.9 Å². The van der Waals surface area contributed by atoms with E-state index in [2.05, 4.69) is 26.1 Å². The number of nitrogens with one attached hydrogen (secondary N) is 1. The number of ether oxygens (including phenoxy) is 1. The van der Waals surface area contributed by atoms with Crippen molar-refractivity contribution in [2.45, 2.75) is 71.2 Å². The van der Waals surface area contributed by atoms with Gasteiger partial charge in [-0.1, -0.05) is 20.8 Å². The Labute approximate surface area is 123 Å². The highest BCUT2D eigenvalue weighted by Gasteiger charge is 2.19. The predicted octanol–water partition coefficient (Wildman–Crippen LogP) is 1.94. The lowest BCUT2D eigenvalue weighted by atomic mass is 9.89. The lowest BCUT2D eigenvalue weighted by Crippen LogP contribution is -2.36. The lowest BCUT2D eigenvalue weighted by Gasteiger charge is -2.27. The Morgan fingerprint density at radius 2 is 1.65 bits per heavy atom. The van der Waals surface area contributed by atoms with Gasteiger partial charge in [-0.15, -0.1) is 0 Å². The molecule has 4 heteroatoms. The number of rotatable bonds is 9. The van der Waals surface area contributed by atoms with Gasteiger partial charge in [-0.25, -0.2) is 0 Å². The van der Waals surface area contributed by atoms with Crippen molar-refractivity contribution in [2.24, 2.45) is 11.8 Å². The van der Waals surface area contributed by atoms with Crippen molar-refractivity contribution in [3.05, 3.63) is 0 Å². The SMILES string of the molecule is CC(C)CC(O)CNCC(O)COC1CCC(C)CC1. The zero-order chi connectivity index (χ0) is 15.0. The highest BCUT2D eigenvalue weighted by Crippen LogP contribution is 2.25. The Hall–Kier alpha value is -0.160. The predicted molar refractivity (Wildman–Crippen MR) is 81.7 cm³/mol. The van der Waals surface area contributed by atoms with E-state index < -0.39 is 6.10 Å². The molecule has 3 N–H and O–H groups in total. The van der Waals surface area contributed by atoms with Crippen molar-refractivity contribution in [1.82, 2.24) is 5.32 Å². The van der Waals surface area contributed by atoms with E-state index in [0.29, 0.717) is 31.7 Å². The van der Waals surface area contributed by atoms with Gasteiger partial charge in [-0.3, -0.25) is 0 Å². The molecule has 1 aliphatic rings. The summed E-state index contributed by atoms with van der Waals surface area (Å²) < 4.78 is 5.76. The van der Waals surface area contributed by atoms with E-state index in [0.717, 1.165) is 25.2 Å². The Kier molecular flexibility index (Phi) is 8.69. The third kappa shape index (κ3) is 8.20. The molecule has 2 unspecified atom stereocenters. The van der Waals surface area contributed by atoms with Crippen LogP contribution in [-0.4, -0.2) is 48.2 Å². The third-order valence-electron chi connectivity index (χ3n) is 3.99. The average molecular weight is 287 g/mol. The smallest absolute Gasteiger partial charge is 0.0897 e. The summed E-state index contributed by atoms with van der Waals surface area (Å²) in [4.78, 5) is 0. The molecule has 1 rings (SSSR count). The van der Waals surface area contributed by atoms with Gasteiger partial charge >= 0.3 is 0 Å². The summed E-state index contributed by atoms with van der Waals surface area (Å²) in [5.74, 6) is 1.32. The van der Waals surface area contributed by atoms with E-state index in [1.807, 2.05) is 0 Å². The molecule has 4 nitrogen and oxygen atoms in total. The van der Waals surface area contributed by atoms with Crippen LogP contribution in [0.4, 0.5) is 0 Å². The molecule has 0 aromatic heterocycles. The maximum absolute atomic E-state index is 9.86. The highest BCUT2D eigenvalue weighted by molar-refractivity contribution is 4.71. The maximum Gasteiger partial charge on any atom is 0.0897 e. The molecule has 1 fully saturated rings. The minimum atomic E-state index is -0.486. The van der Waals surface area contributed by atoms with Gasteiger partial charge in [0.2, 0.25) is 0 Å². The molecule has 1 saturated carbocycles. The van der Waals surface area contributed by atoms with Crippen molar-refractivity contribution in [1.29, 1.82) is 0 Å². The van der Waals surface area contributed by atoms with Crippen molar-refractivity contribution >= 4 is 0 Å². The van der Waals surface area contributed by atoms with Crippen LogP contribution in [0.5, 0.6) is 0 Å². The number of hydrogen-bond acceptors (Lipinski definition) is 4. The van der Waals surface area contributed by atoms with E-state index in [-0.39, 0.29) is 6.10 Å². The monoisotopic (exact) mass is 287 g/mol. The summed E-state index contributed by atoms with van der Waals surface area (Å²) >= 11 is 0. The van der Waals surface area contributed by atoms with Gasteiger partial charge in [0.25, 0.3) is 0 Å². The second-order valence-electron chi connectivity index (χ2n) is 6.81. The summed E-state index contributed by atoms with van der Waals surface area (Å²) in [6, 6.07) is 0. The molecular weight excluding hydrogens is 254 g/mol. The zero-order valence-corrected chi connectivity index (χ0v) is 13.3. The van der Waals surface area contributed by atoms with E-state index in [1.165, 1.54) is 12.8 Å². The summed E-state index contributed by atoms with van der Waals surface area (Å²) in [6.45, 7) is 7.89. The van der Waals surface area contributed by atoms with E-state index >= 15 is 0 Å². The van der Waals surface area contributed by atoms with Crippen molar-refractivity contribution in [2.75, 3.05) is 19.7 Å². The van der Waals surface area contributed by atoms with E-state index in [4.69, 9.17) is 4.74 Å². The van der Waals surface area contributed by atoms with Crippen molar-refractivity contribution in [3.63, 3.8) is 0 Å². The molecule has 0 heterocycles. The summed E-state index contributed by atoms with van der Waals surface area (Å²) in [5, 5.41) is 22.7. The standard InChI is InChI=1S/C16H33NO3/c1-12(2)8-14(18)9-17-10-15(19)11-20-16-6-4-13(3)5-7-16/h12-19H,4-11H2,1-3H3. The first kappa shape index (κ1) is 17.9. The van der Waals surface area contributed by atoms with Crippen molar-refractivity contribution in [3.8, 4) is 0 Å². The first-order valence-electron chi connectivity index (χ1n) is 8.15. The molecule has 1 aliphatic carbocycles. The Balaban J connectivity index is 2.01. The minimum Gasteiger partial charge on any atom is -0.392 e. The molecule has 120 valence electrons. The summed E-state index contributed by atoms with van der Waals surface area (Å²) in [5.41, 5.74) is 0. The molecule has 2 atom stereocenters.